The third-order valence-corrected chi connectivity index (χ3v) is 6.49. The summed E-state index contributed by atoms with van der Waals surface area (Å²) < 4.78 is 22.9. The Bertz CT molecular complexity index is 1370. The van der Waals surface area contributed by atoms with Gasteiger partial charge in [-0.15, -0.1) is 0 Å². The van der Waals surface area contributed by atoms with Gasteiger partial charge in [-0.2, -0.15) is 0 Å². The molecule has 11 heteroatoms. The zero-order valence-electron chi connectivity index (χ0n) is 21.0. The fourth-order valence-electron chi connectivity index (χ4n) is 4.40. The molecule has 0 atom stereocenters. The molecule has 2 fully saturated rings. The molecule has 1 saturated carbocycles. The van der Waals surface area contributed by atoms with Gasteiger partial charge in [-0.25, -0.2) is 14.8 Å². The van der Waals surface area contributed by atoms with Gasteiger partial charge in [-0.1, -0.05) is 0 Å². The predicted octanol–water partition coefficient (Wildman–Crippen LogP) is 3.49. The first-order chi connectivity index (χ1) is 17.8. The first-order valence-corrected chi connectivity index (χ1v) is 12.4. The average molecular weight is 508 g/mol. The molecule has 2 amide bonds. The van der Waals surface area contributed by atoms with E-state index in [1.165, 1.54) is 19.2 Å². The number of fused-ring (bicyclic) bond motifs is 2. The van der Waals surface area contributed by atoms with Gasteiger partial charge in [-0.05, 0) is 51.7 Å². The number of aromatic amines is 1. The number of carbonyl (C=O) groups is 2. The molecule has 0 unspecified atom stereocenters. The number of H-pyrrole nitrogens is 1. The van der Waals surface area contributed by atoms with Crippen molar-refractivity contribution in [3.63, 3.8) is 0 Å². The van der Waals surface area contributed by atoms with Gasteiger partial charge in [0.1, 0.15) is 28.9 Å². The van der Waals surface area contributed by atoms with Gasteiger partial charge in [0, 0.05) is 19.3 Å². The molecule has 4 heterocycles. The molecule has 1 aliphatic carbocycles. The molecule has 194 valence electrons. The van der Waals surface area contributed by atoms with E-state index in [-0.39, 0.29) is 24.8 Å². The number of hydrogen-bond donors (Lipinski definition) is 2. The highest BCUT2D eigenvalue weighted by Crippen LogP contribution is 2.48. The van der Waals surface area contributed by atoms with Gasteiger partial charge in [0.25, 0.3) is 5.91 Å². The number of benzene rings is 1. The largest absolute Gasteiger partial charge is 0.492 e. The number of nitrogens with one attached hydrogen (secondary N) is 2. The number of amides is 2. The molecule has 6 rings (SSSR count). The van der Waals surface area contributed by atoms with Crippen LogP contribution in [0.4, 0.5) is 4.79 Å². The van der Waals surface area contributed by atoms with Crippen LogP contribution in [0.2, 0.25) is 0 Å². The lowest BCUT2D eigenvalue weighted by atomic mass is 10.1. The molecular weight excluding hydrogens is 478 g/mol. The lowest BCUT2D eigenvalue weighted by Crippen LogP contribution is -2.61. The van der Waals surface area contributed by atoms with Crippen molar-refractivity contribution in [2.75, 3.05) is 26.5 Å². The summed E-state index contributed by atoms with van der Waals surface area (Å²) in [6.07, 6.45) is 5.00. The number of nitrogens with zero attached hydrogens (tertiary/aromatic N) is 3. The molecule has 2 aliphatic heterocycles. The van der Waals surface area contributed by atoms with Crippen LogP contribution in [0.3, 0.4) is 0 Å². The van der Waals surface area contributed by atoms with Crippen molar-refractivity contribution in [2.45, 2.75) is 45.3 Å². The molecule has 0 bridgehead atoms. The van der Waals surface area contributed by atoms with Crippen LogP contribution >= 0.6 is 0 Å². The average Bonchev–Trinajstić information content (AvgIpc) is 3.34. The van der Waals surface area contributed by atoms with Crippen molar-refractivity contribution in [1.29, 1.82) is 0 Å². The van der Waals surface area contributed by atoms with Crippen molar-refractivity contribution in [2.24, 2.45) is 5.92 Å². The highest BCUT2D eigenvalue weighted by Gasteiger charge is 2.35. The third-order valence-electron chi connectivity index (χ3n) is 6.49. The van der Waals surface area contributed by atoms with E-state index >= 15 is 0 Å². The topological polar surface area (TPSA) is 128 Å². The molecule has 3 aromatic rings. The maximum atomic E-state index is 13.1. The Labute approximate surface area is 213 Å². The molecule has 2 aromatic heterocycles. The summed E-state index contributed by atoms with van der Waals surface area (Å²) in [5, 5.41) is 2.97. The molecule has 11 nitrogen and oxygen atoms in total. The van der Waals surface area contributed by atoms with E-state index in [1.54, 1.807) is 11.1 Å². The Morgan fingerprint density at radius 2 is 2.00 bits per heavy atom. The number of carbonyl (C=O) groups excluding carboxylic acids is 2. The minimum atomic E-state index is -0.564. The second-order valence-electron chi connectivity index (χ2n) is 10.6. The highest BCUT2D eigenvalue weighted by molar-refractivity contribution is 6.08. The number of hydrogen-bond acceptors (Lipinski definition) is 8. The number of rotatable bonds is 6. The Kier molecular flexibility index (Phi) is 5.58. The lowest BCUT2D eigenvalue weighted by molar-refractivity contribution is 0.00533. The monoisotopic (exact) mass is 507 g/mol. The fourth-order valence-corrected chi connectivity index (χ4v) is 4.40. The predicted molar refractivity (Wildman–Crippen MR) is 133 cm³/mol. The van der Waals surface area contributed by atoms with Crippen LogP contribution in [0.25, 0.3) is 22.3 Å². The number of likely N-dealkylation sites (tertiary alicyclic amines) is 1. The summed E-state index contributed by atoms with van der Waals surface area (Å²) in [5.74, 6) is 2.11. The molecule has 1 aromatic carbocycles. The van der Waals surface area contributed by atoms with Crippen molar-refractivity contribution >= 4 is 23.0 Å². The number of aromatic nitrogens is 3. The molecule has 2 N–H and O–H groups in total. The van der Waals surface area contributed by atoms with E-state index in [0.29, 0.717) is 70.7 Å². The quantitative estimate of drug-likeness (QED) is 0.519. The fraction of sp³-hybridized carbons (Fsp3) is 0.462. The van der Waals surface area contributed by atoms with E-state index < -0.39 is 5.60 Å². The van der Waals surface area contributed by atoms with E-state index in [4.69, 9.17) is 18.9 Å². The minimum Gasteiger partial charge on any atom is -0.492 e. The van der Waals surface area contributed by atoms with Gasteiger partial charge in [0.2, 0.25) is 6.79 Å². The van der Waals surface area contributed by atoms with E-state index in [1.807, 2.05) is 32.9 Å². The van der Waals surface area contributed by atoms with Crippen LogP contribution in [0.1, 0.15) is 44.0 Å². The number of ether oxygens (including phenoxy) is 4. The Balaban J connectivity index is 1.23. The van der Waals surface area contributed by atoms with Gasteiger partial charge >= 0.3 is 6.09 Å². The summed E-state index contributed by atoms with van der Waals surface area (Å²) in [7, 11) is 0. The summed E-state index contributed by atoms with van der Waals surface area (Å²) in [4.78, 5) is 39.0. The first-order valence-electron chi connectivity index (χ1n) is 12.4. The second-order valence-corrected chi connectivity index (χ2v) is 10.6. The van der Waals surface area contributed by atoms with Crippen LogP contribution in [-0.4, -0.2) is 70.0 Å². The van der Waals surface area contributed by atoms with Crippen LogP contribution in [0.15, 0.2) is 24.7 Å². The SMILES string of the molecule is CC(C)(C)OC(=O)N1CC(NC(=O)c2c[nH]c3c(-c4c(OCC5CC5)ccc5c4OCO5)ncnc23)C1. The summed E-state index contributed by atoms with van der Waals surface area (Å²) in [6, 6.07) is 3.53. The zero-order valence-corrected chi connectivity index (χ0v) is 21.0. The van der Waals surface area contributed by atoms with E-state index in [9.17, 15) is 9.59 Å². The maximum Gasteiger partial charge on any atom is 0.410 e. The third kappa shape index (κ3) is 4.61. The van der Waals surface area contributed by atoms with Crippen LogP contribution in [0.5, 0.6) is 17.2 Å². The first kappa shape index (κ1) is 23.4. The summed E-state index contributed by atoms with van der Waals surface area (Å²) in [5.41, 5.74) is 2.14. The highest BCUT2D eigenvalue weighted by atomic mass is 16.7. The molecule has 1 saturated heterocycles. The Morgan fingerprint density at radius 3 is 2.76 bits per heavy atom. The van der Waals surface area contributed by atoms with Crippen LogP contribution in [-0.2, 0) is 4.74 Å². The standard InChI is InChI=1S/C26H29N5O6/c1-26(2,3)37-25(33)31-9-15(10-31)30-24(32)16-8-27-22-20(16)28-12-29-21(22)19-17(34-11-14-4-5-14)6-7-18-23(19)36-13-35-18/h6-8,12,14-15,27H,4-5,9-11,13H2,1-3H3,(H,30,32). The Morgan fingerprint density at radius 1 is 1.19 bits per heavy atom. The smallest absolute Gasteiger partial charge is 0.410 e. The normalized spacial score (nSPS) is 17.0. The second kappa shape index (κ2) is 8.82. The van der Waals surface area contributed by atoms with E-state index in [0.717, 1.165) is 0 Å². The summed E-state index contributed by atoms with van der Waals surface area (Å²) >= 11 is 0. The van der Waals surface area contributed by atoms with Crippen LogP contribution in [0, 0.1) is 5.92 Å². The summed E-state index contributed by atoms with van der Waals surface area (Å²) in [6.45, 7) is 6.98. The van der Waals surface area contributed by atoms with Crippen molar-refractivity contribution in [3.8, 4) is 28.5 Å². The van der Waals surface area contributed by atoms with Crippen LogP contribution < -0.4 is 19.5 Å². The van der Waals surface area contributed by atoms with E-state index in [2.05, 4.69) is 20.3 Å². The van der Waals surface area contributed by atoms with Gasteiger partial charge in [0.05, 0.1) is 29.3 Å². The zero-order chi connectivity index (χ0) is 25.7. The molecular formula is C26H29N5O6. The molecule has 37 heavy (non-hydrogen) atoms. The molecule has 0 spiro atoms. The minimum absolute atomic E-state index is 0.114. The Hall–Kier alpha value is -4.02. The lowest BCUT2D eigenvalue weighted by Gasteiger charge is -2.39. The van der Waals surface area contributed by atoms with Gasteiger partial charge < -0.3 is 34.1 Å². The van der Waals surface area contributed by atoms with Crippen molar-refractivity contribution in [3.05, 3.63) is 30.2 Å². The van der Waals surface area contributed by atoms with Gasteiger partial charge in [-0.3, -0.25) is 4.79 Å². The van der Waals surface area contributed by atoms with Crippen molar-refractivity contribution in [1.82, 2.24) is 25.2 Å². The van der Waals surface area contributed by atoms with Crippen molar-refractivity contribution < 1.29 is 28.5 Å². The molecule has 0 radical (unpaired) electrons. The maximum absolute atomic E-state index is 13.1. The molecule has 3 aliphatic rings. The van der Waals surface area contributed by atoms with Gasteiger partial charge in [0.15, 0.2) is 11.5 Å².